The smallest absolute Gasteiger partial charge is 0.243 e. The molecule has 0 aliphatic carbocycles. The number of nitrogens with zero attached hydrogens (tertiary/aromatic N) is 3. The lowest BCUT2D eigenvalue weighted by atomic mass is 9.99. The molecule has 0 N–H and O–H groups in total. The number of aromatic nitrogens is 1. The lowest BCUT2D eigenvalue weighted by Gasteiger charge is -2.35. The average molecular weight is 386 g/mol. The van der Waals surface area contributed by atoms with Gasteiger partial charge in [0.05, 0.1) is 10.9 Å². The van der Waals surface area contributed by atoms with E-state index < -0.39 is 10.0 Å². The van der Waals surface area contributed by atoms with Gasteiger partial charge >= 0.3 is 0 Å². The van der Waals surface area contributed by atoms with Crippen molar-refractivity contribution in [3.63, 3.8) is 0 Å². The molecule has 4 rings (SSSR count). The number of benzene rings is 1. The molecular formula is C21H27N3O2S. The van der Waals surface area contributed by atoms with E-state index in [0.717, 1.165) is 49.3 Å². The number of rotatable bonds is 4. The second-order valence-corrected chi connectivity index (χ2v) is 9.47. The van der Waals surface area contributed by atoms with Gasteiger partial charge in [-0.25, -0.2) is 13.4 Å². The summed E-state index contributed by atoms with van der Waals surface area (Å²) in [6, 6.07) is 11.1. The number of pyridine rings is 1. The monoisotopic (exact) mass is 385 g/mol. The SMILES string of the molecule is Cc1ccc(S(=O)(=O)N2CCCC[C@H]2c2ccc(N3CCCC3)nc2)cc1. The van der Waals surface area contributed by atoms with Crippen molar-refractivity contribution in [2.24, 2.45) is 0 Å². The van der Waals surface area contributed by atoms with E-state index in [9.17, 15) is 8.42 Å². The molecule has 1 atom stereocenters. The molecule has 2 aliphatic heterocycles. The molecule has 6 heteroatoms. The van der Waals surface area contributed by atoms with Crippen molar-refractivity contribution in [2.75, 3.05) is 24.5 Å². The van der Waals surface area contributed by atoms with Gasteiger partial charge in [-0.3, -0.25) is 0 Å². The van der Waals surface area contributed by atoms with Crippen LogP contribution >= 0.6 is 0 Å². The molecule has 144 valence electrons. The summed E-state index contributed by atoms with van der Waals surface area (Å²) in [4.78, 5) is 7.31. The number of hydrogen-bond acceptors (Lipinski definition) is 4. The van der Waals surface area contributed by atoms with Gasteiger partial charge in [0.25, 0.3) is 0 Å². The Labute approximate surface area is 162 Å². The molecule has 0 bridgehead atoms. The van der Waals surface area contributed by atoms with E-state index in [1.165, 1.54) is 12.8 Å². The molecule has 0 radical (unpaired) electrons. The topological polar surface area (TPSA) is 53.5 Å². The highest BCUT2D eigenvalue weighted by atomic mass is 32.2. The molecule has 1 aromatic carbocycles. The van der Waals surface area contributed by atoms with Crippen molar-refractivity contribution in [3.8, 4) is 0 Å². The quantitative estimate of drug-likeness (QED) is 0.801. The van der Waals surface area contributed by atoms with Crippen molar-refractivity contribution >= 4 is 15.8 Å². The molecule has 2 aromatic rings. The van der Waals surface area contributed by atoms with E-state index in [1.54, 1.807) is 16.4 Å². The van der Waals surface area contributed by atoms with Crippen LogP contribution in [0.1, 0.15) is 49.3 Å². The minimum absolute atomic E-state index is 0.134. The van der Waals surface area contributed by atoms with E-state index in [-0.39, 0.29) is 6.04 Å². The number of hydrogen-bond donors (Lipinski definition) is 0. The van der Waals surface area contributed by atoms with E-state index >= 15 is 0 Å². The summed E-state index contributed by atoms with van der Waals surface area (Å²) in [6.45, 7) is 4.65. The summed E-state index contributed by atoms with van der Waals surface area (Å²) in [5.41, 5.74) is 2.05. The summed E-state index contributed by atoms with van der Waals surface area (Å²) in [5.74, 6) is 1.00. The first-order chi connectivity index (χ1) is 13.1. The van der Waals surface area contributed by atoms with Crippen molar-refractivity contribution in [1.29, 1.82) is 0 Å². The van der Waals surface area contributed by atoms with Crippen LogP contribution in [-0.4, -0.2) is 37.3 Å². The number of sulfonamides is 1. The third-order valence-corrected chi connectivity index (χ3v) is 7.59. The van der Waals surface area contributed by atoms with E-state index in [0.29, 0.717) is 11.4 Å². The van der Waals surface area contributed by atoms with Crippen LogP contribution in [0.15, 0.2) is 47.5 Å². The molecule has 0 unspecified atom stereocenters. The second-order valence-electron chi connectivity index (χ2n) is 7.58. The Bertz CT molecular complexity index is 873. The van der Waals surface area contributed by atoms with Gasteiger partial charge in [0.1, 0.15) is 5.82 Å². The molecule has 2 aliphatic rings. The maximum atomic E-state index is 13.3. The lowest BCUT2D eigenvalue weighted by molar-refractivity contribution is 0.255. The fourth-order valence-corrected chi connectivity index (χ4v) is 5.78. The van der Waals surface area contributed by atoms with E-state index in [4.69, 9.17) is 0 Å². The molecular weight excluding hydrogens is 358 g/mol. The first kappa shape index (κ1) is 18.4. The number of aryl methyl sites for hydroxylation is 1. The van der Waals surface area contributed by atoms with Gasteiger partial charge in [0.2, 0.25) is 10.0 Å². The first-order valence-electron chi connectivity index (χ1n) is 9.85. The Morgan fingerprint density at radius 3 is 2.30 bits per heavy atom. The third-order valence-electron chi connectivity index (χ3n) is 5.67. The van der Waals surface area contributed by atoms with Gasteiger partial charge in [-0.05, 0) is 56.4 Å². The maximum Gasteiger partial charge on any atom is 0.243 e. The van der Waals surface area contributed by atoms with Crippen molar-refractivity contribution in [1.82, 2.24) is 9.29 Å². The predicted molar refractivity (Wildman–Crippen MR) is 107 cm³/mol. The average Bonchev–Trinajstić information content (AvgIpc) is 3.23. The van der Waals surface area contributed by atoms with Gasteiger partial charge in [-0.1, -0.05) is 30.2 Å². The Balaban J connectivity index is 1.61. The molecule has 0 amide bonds. The molecule has 0 spiro atoms. The molecule has 2 fully saturated rings. The standard InChI is InChI=1S/C21H27N3O2S/c1-17-7-10-19(11-8-17)27(25,26)24-15-3-2-6-20(24)18-9-12-21(22-16-18)23-13-4-5-14-23/h7-12,16,20H,2-6,13-15H2,1H3/t20-/m0/s1. The zero-order valence-electron chi connectivity index (χ0n) is 15.8. The molecule has 0 saturated carbocycles. The molecule has 5 nitrogen and oxygen atoms in total. The highest BCUT2D eigenvalue weighted by Gasteiger charge is 2.34. The first-order valence-corrected chi connectivity index (χ1v) is 11.3. The van der Waals surface area contributed by atoms with Gasteiger partial charge in [-0.15, -0.1) is 0 Å². The minimum Gasteiger partial charge on any atom is -0.357 e. The van der Waals surface area contributed by atoms with Gasteiger partial charge in [0.15, 0.2) is 0 Å². The van der Waals surface area contributed by atoms with Crippen molar-refractivity contribution in [2.45, 2.75) is 50.0 Å². The fourth-order valence-electron chi connectivity index (χ4n) is 4.10. The van der Waals surface area contributed by atoms with Crippen LogP contribution in [0.3, 0.4) is 0 Å². The second kappa shape index (κ2) is 7.60. The lowest BCUT2D eigenvalue weighted by Crippen LogP contribution is -2.38. The predicted octanol–water partition coefficient (Wildman–Crippen LogP) is 3.91. The van der Waals surface area contributed by atoms with E-state index in [1.807, 2.05) is 31.3 Å². The Kier molecular flexibility index (Phi) is 5.19. The summed E-state index contributed by atoms with van der Waals surface area (Å²) in [5, 5.41) is 0. The maximum absolute atomic E-state index is 13.3. The van der Waals surface area contributed by atoms with E-state index in [2.05, 4.69) is 16.0 Å². The molecule has 3 heterocycles. The zero-order valence-corrected chi connectivity index (χ0v) is 16.7. The Morgan fingerprint density at radius 1 is 0.926 bits per heavy atom. The van der Waals surface area contributed by atoms with Gasteiger partial charge in [0, 0.05) is 25.8 Å². The highest BCUT2D eigenvalue weighted by molar-refractivity contribution is 7.89. The number of anilines is 1. The molecule has 27 heavy (non-hydrogen) atoms. The van der Waals surface area contributed by atoms with Crippen LogP contribution < -0.4 is 4.90 Å². The zero-order chi connectivity index (χ0) is 18.9. The Hall–Kier alpha value is -1.92. The number of piperidine rings is 1. The summed E-state index contributed by atoms with van der Waals surface area (Å²) >= 11 is 0. The van der Waals surface area contributed by atoms with Crippen molar-refractivity contribution < 1.29 is 8.42 Å². The minimum atomic E-state index is -3.51. The largest absolute Gasteiger partial charge is 0.357 e. The van der Waals surface area contributed by atoms with Crippen LogP contribution in [0.2, 0.25) is 0 Å². The van der Waals surface area contributed by atoms with Crippen LogP contribution in [0, 0.1) is 6.92 Å². The highest BCUT2D eigenvalue weighted by Crippen LogP contribution is 2.35. The summed E-state index contributed by atoms with van der Waals surface area (Å²) in [7, 11) is -3.51. The van der Waals surface area contributed by atoms with Crippen molar-refractivity contribution in [3.05, 3.63) is 53.7 Å². The fraction of sp³-hybridized carbons (Fsp3) is 0.476. The van der Waals surface area contributed by atoms with Crippen LogP contribution in [-0.2, 0) is 10.0 Å². The van der Waals surface area contributed by atoms with Crippen LogP contribution in [0.25, 0.3) is 0 Å². The molecule has 2 saturated heterocycles. The molecule has 1 aromatic heterocycles. The van der Waals surface area contributed by atoms with Crippen LogP contribution in [0.5, 0.6) is 0 Å². The summed E-state index contributed by atoms with van der Waals surface area (Å²) in [6.07, 6.45) is 7.10. The van der Waals surface area contributed by atoms with Gasteiger partial charge < -0.3 is 4.90 Å². The van der Waals surface area contributed by atoms with Gasteiger partial charge in [-0.2, -0.15) is 4.31 Å². The van der Waals surface area contributed by atoms with Crippen LogP contribution in [0.4, 0.5) is 5.82 Å². The third kappa shape index (κ3) is 3.73. The summed E-state index contributed by atoms with van der Waals surface area (Å²) < 4.78 is 28.2. The Morgan fingerprint density at radius 2 is 1.63 bits per heavy atom. The normalized spacial score (nSPS) is 21.5.